The Morgan fingerprint density at radius 3 is 2.89 bits per heavy atom. The van der Waals surface area contributed by atoms with E-state index in [9.17, 15) is 0 Å². The summed E-state index contributed by atoms with van der Waals surface area (Å²) in [6.45, 7) is 0.527. The summed E-state index contributed by atoms with van der Waals surface area (Å²) in [5.74, 6) is 6.80. The summed E-state index contributed by atoms with van der Waals surface area (Å²) in [7, 11) is 1.76. The zero-order valence-electron chi connectivity index (χ0n) is 5.23. The third kappa shape index (κ3) is 4.90. The molecule has 2 heteroatoms. The molecule has 0 saturated heterocycles. The fourth-order valence-corrected chi connectivity index (χ4v) is 0.272. The first-order chi connectivity index (χ1) is 4.31. The van der Waals surface area contributed by atoms with Crippen LogP contribution in [-0.2, 0) is 0 Å². The highest BCUT2D eigenvalue weighted by molar-refractivity contribution is 5.14. The zero-order chi connectivity index (χ0) is 7.11. The molecule has 2 nitrogen and oxygen atoms in total. The van der Waals surface area contributed by atoms with Gasteiger partial charge in [-0.3, -0.25) is 0 Å². The lowest BCUT2D eigenvalue weighted by Gasteiger charge is -1.86. The molecule has 0 spiro atoms. The summed E-state index contributed by atoms with van der Waals surface area (Å²) in [6, 6.07) is 0. The van der Waals surface area contributed by atoms with Crippen LogP contribution in [0.3, 0.4) is 0 Å². The summed E-state index contributed by atoms with van der Waals surface area (Å²) in [6.07, 6.45) is 5.39. The van der Waals surface area contributed by atoms with Crippen molar-refractivity contribution < 1.29 is 5.11 Å². The topological polar surface area (TPSA) is 32.3 Å². The van der Waals surface area contributed by atoms with Crippen LogP contribution in [0.2, 0.25) is 0 Å². The van der Waals surface area contributed by atoms with Gasteiger partial charge in [-0.05, 0) is 19.4 Å². The van der Waals surface area contributed by atoms with Gasteiger partial charge in [-0.1, -0.05) is 11.8 Å². The Morgan fingerprint density at radius 1 is 1.78 bits per heavy atom. The molecule has 1 radical (unpaired) electrons. The smallest absolute Gasteiger partial charge is 0.177 e. The predicted octanol–water partition coefficient (Wildman–Crippen LogP) is -0.840. The van der Waals surface area contributed by atoms with Crippen LogP contribution in [0.15, 0.2) is 0 Å². The predicted molar refractivity (Wildman–Crippen MR) is 34.8 cm³/mol. The third-order valence-corrected chi connectivity index (χ3v) is 0.641. The highest BCUT2D eigenvalue weighted by Crippen LogP contribution is 1.71. The van der Waals surface area contributed by atoms with Crippen molar-refractivity contribution in [3.8, 4) is 17.8 Å². The van der Waals surface area contributed by atoms with Crippen molar-refractivity contribution in [1.82, 2.24) is 5.32 Å². The minimum atomic E-state index is -1.03. The van der Waals surface area contributed by atoms with Crippen LogP contribution in [0, 0.1) is 24.2 Å². The van der Waals surface area contributed by atoms with Crippen molar-refractivity contribution in [1.29, 1.82) is 0 Å². The Bertz CT molecular complexity index is 158. The molecule has 0 aliphatic carbocycles. The minimum absolute atomic E-state index is 0.527. The van der Waals surface area contributed by atoms with Gasteiger partial charge in [0.15, 0.2) is 6.10 Å². The highest BCUT2D eigenvalue weighted by Gasteiger charge is 1.85. The van der Waals surface area contributed by atoms with Crippen molar-refractivity contribution in [2.75, 3.05) is 13.6 Å². The highest BCUT2D eigenvalue weighted by atomic mass is 16.3. The van der Waals surface area contributed by atoms with Gasteiger partial charge in [0, 0.05) is 0 Å². The summed E-state index contributed by atoms with van der Waals surface area (Å²) >= 11 is 0. The van der Waals surface area contributed by atoms with Crippen molar-refractivity contribution in [3.05, 3.63) is 6.42 Å². The van der Waals surface area contributed by atoms with E-state index < -0.39 is 6.10 Å². The molecule has 0 saturated carbocycles. The standard InChI is InChI=1S/C7H8NO/c1-3-7(9)5-4-6-8-2/h7-9H,6H2,2H3. The Balaban J connectivity index is 3.49. The second kappa shape index (κ2) is 5.18. The molecule has 0 amide bonds. The molecule has 1 atom stereocenters. The first kappa shape index (κ1) is 8.04. The maximum atomic E-state index is 8.58. The molecule has 2 N–H and O–H groups in total. The van der Waals surface area contributed by atoms with Gasteiger partial charge in [-0.15, -0.1) is 0 Å². The second-order valence-corrected chi connectivity index (χ2v) is 1.40. The van der Waals surface area contributed by atoms with Gasteiger partial charge in [0.25, 0.3) is 0 Å². The molecular weight excluding hydrogens is 114 g/mol. The number of aliphatic hydroxyl groups is 1. The number of nitrogens with one attached hydrogen (secondary N) is 1. The molecule has 0 aromatic rings. The van der Waals surface area contributed by atoms with E-state index in [0.717, 1.165) is 0 Å². The summed E-state index contributed by atoms with van der Waals surface area (Å²) < 4.78 is 0. The SMILES string of the molecule is [C]#CC(O)C#CCNC. The maximum absolute atomic E-state index is 8.58. The van der Waals surface area contributed by atoms with Crippen LogP contribution in [0.1, 0.15) is 0 Å². The fourth-order valence-electron chi connectivity index (χ4n) is 0.272. The summed E-state index contributed by atoms with van der Waals surface area (Å²) in [5, 5.41) is 11.4. The lowest BCUT2D eigenvalue weighted by atomic mass is 10.4. The first-order valence-corrected chi connectivity index (χ1v) is 2.54. The van der Waals surface area contributed by atoms with Gasteiger partial charge in [0.2, 0.25) is 0 Å². The normalized spacial score (nSPS) is 10.8. The Hall–Kier alpha value is -0.960. The van der Waals surface area contributed by atoms with E-state index in [1.165, 1.54) is 0 Å². The molecule has 47 valence electrons. The lowest BCUT2D eigenvalue weighted by molar-refractivity contribution is 0.289. The fraction of sp³-hybridized carbons (Fsp3) is 0.429. The molecule has 9 heavy (non-hydrogen) atoms. The molecule has 0 aliphatic heterocycles. The van der Waals surface area contributed by atoms with Crippen molar-refractivity contribution in [2.24, 2.45) is 0 Å². The van der Waals surface area contributed by atoms with Gasteiger partial charge < -0.3 is 10.4 Å². The van der Waals surface area contributed by atoms with E-state index in [2.05, 4.69) is 17.2 Å². The second-order valence-electron chi connectivity index (χ2n) is 1.40. The van der Waals surface area contributed by atoms with Gasteiger partial charge in [-0.2, -0.15) is 0 Å². The lowest BCUT2D eigenvalue weighted by Crippen LogP contribution is -2.06. The summed E-state index contributed by atoms with van der Waals surface area (Å²) in [4.78, 5) is 0. The Kier molecular flexibility index (Phi) is 4.63. The molecule has 0 fully saturated rings. The number of aliphatic hydroxyl groups excluding tert-OH is 1. The molecule has 0 rings (SSSR count). The Morgan fingerprint density at radius 2 is 2.44 bits per heavy atom. The quantitative estimate of drug-likeness (QED) is 0.444. The number of hydrogen-bond donors (Lipinski definition) is 2. The largest absolute Gasteiger partial charge is 0.369 e. The van der Waals surface area contributed by atoms with E-state index >= 15 is 0 Å². The molecule has 1 unspecified atom stereocenters. The third-order valence-electron chi connectivity index (χ3n) is 0.641. The van der Waals surface area contributed by atoms with Crippen LogP contribution in [0.5, 0.6) is 0 Å². The zero-order valence-corrected chi connectivity index (χ0v) is 5.23. The molecule has 0 aromatic heterocycles. The Labute approximate surface area is 55.3 Å². The van der Waals surface area contributed by atoms with Gasteiger partial charge in [0.05, 0.1) is 6.54 Å². The van der Waals surface area contributed by atoms with Crippen LogP contribution in [0.25, 0.3) is 0 Å². The van der Waals surface area contributed by atoms with E-state index in [1.54, 1.807) is 7.05 Å². The summed E-state index contributed by atoms with van der Waals surface area (Å²) in [5.41, 5.74) is 0. The van der Waals surface area contributed by atoms with Crippen molar-refractivity contribution in [3.63, 3.8) is 0 Å². The monoisotopic (exact) mass is 122 g/mol. The van der Waals surface area contributed by atoms with Crippen molar-refractivity contribution >= 4 is 0 Å². The van der Waals surface area contributed by atoms with E-state index in [0.29, 0.717) is 6.54 Å². The van der Waals surface area contributed by atoms with Crippen LogP contribution < -0.4 is 5.32 Å². The van der Waals surface area contributed by atoms with Gasteiger partial charge in [0.1, 0.15) is 0 Å². The number of hydrogen-bond acceptors (Lipinski definition) is 2. The minimum Gasteiger partial charge on any atom is -0.369 e. The van der Waals surface area contributed by atoms with Crippen LogP contribution in [0.4, 0.5) is 0 Å². The maximum Gasteiger partial charge on any atom is 0.177 e. The molecule has 0 heterocycles. The first-order valence-electron chi connectivity index (χ1n) is 2.54. The van der Waals surface area contributed by atoms with Crippen molar-refractivity contribution in [2.45, 2.75) is 6.10 Å². The van der Waals surface area contributed by atoms with Gasteiger partial charge >= 0.3 is 0 Å². The van der Waals surface area contributed by atoms with E-state index in [1.807, 2.05) is 5.92 Å². The number of rotatable bonds is 1. The van der Waals surface area contributed by atoms with Crippen LogP contribution in [-0.4, -0.2) is 24.8 Å². The van der Waals surface area contributed by atoms with Gasteiger partial charge in [-0.25, -0.2) is 0 Å². The average molecular weight is 122 g/mol. The molecule has 0 aromatic carbocycles. The van der Waals surface area contributed by atoms with E-state index in [4.69, 9.17) is 11.5 Å². The average Bonchev–Trinajstić information content (AvgIpc) is 1.89. The molecule has 0 aliphatic rings. The van der Waals surface area contributed by atoms with E-state index in [-0.39, 0.29) is 0 Å². The molecule has 0 bridgehead atoms. The molecular formula is C7H8NO. The van der Waals surface area contributed by atoms with Crippen LogP contribution >= 0.6 is 0 Å².